The molecule has 0 aliphatic rings. The van der Waals surface area contributed by atoms with Crippen LogP contribution in [0.25, 0.3) is 0 Å². The van der Waals surface area contributed by atoms with Gasteiger partial charge in [0.1, 0.15) is 0 Å². The molecule has 0 saturated carbocycles. The van der Waals surface area contributed by atoms with Crippen LogP contribution >= 0.6 is 0 Å². The van der Waals surface area contributed by atoms with Gasteiger partial charge in [0, 0.05) is 20.5 Å². The zero-order chi connectivity index (χ0) is 15.3. The van der Waals surface area contributed by atoms with Gasteiger partial charge in [0.15, 0.2) is 9.84 Å². The van der Waals surface area contributed by atoms with E-state index in [9.17, 15) is 18.0 Å². The molecule has 7 heteroatoms. The Morgan fingerprint density at radius 1 is 1.15 bits per heavy atom. The third-order valence-electron chi connectivity index (χ3n) is 2.72. The van der Waals surface area contributed by atoms with Gasteiger partial charge in [-0.3, -0.25) is 9.59 Å². The summed E-state index contributed by atoms with van der Waals surface area (Å²) < 4.78 is 24.0. The summed E-state index contributed by atoms with van der Waals surface area (Å²) in [4.78, 5) is 23.4. The molecule has 0 radical (unpaired) electrons. The summed E-state index contributed by atoms with van der Waals surface area (Å²) in [5.41, 5.74) is 0.529. The quantitative estimate of drug-likeness (QED) is 0.829. The van der Waals surface area contributed by atoms with Crippen LogP contribution in [0.5, 0.6) is 0 Å². The van der Waals surface area contributed by atoms with Gasteiger partial charge in [0.2, 0.25) is 5.91 Å². The number of hydrogen-bond acceptors (Lipinski definition) is 4. The van der Waals surface area contributed by atoms with Crippen molar-refractivity contribution < 1.29 is 23.1 Å². The van der Waals surface area contributed by atoms with Crippen LogP contribution in [-0.2, 0) is 25.8 Å². The van der Waals surface area contributed by atoms with Crippen LogP contribution in [-0.4, -0.2) is 50.1 Å². The van der Waals surface area contributed by atoms with E-state index in [1.165, 1.54) is 29.2 Å². The van der Waals surface area contributed by atoms with Crippen LogP contribution in [0.2, 0.25) is 0 Å². The first kappa shape index (κ1) is 16.2. The van der Waals surface area contributed by atoms with Gasteiger partial charge in [-0.1, -0.05) is 12.1 Å². The minimum atomic E-state index is -3.53. The average molecular weight is 299 g/mol. The Kier molecular flexibility index (Phi) is 5.26. The fourth-order valence-corrected chi connectivity index (χ4v) is 2.78. The fraction of sp³-hybridized carbons (Fsp3) is 0.385. The van der Waals surface area contributed by atoms with Gasteiger partial charge in [-0.15, -0.1) is 0 Å². The second-order valence-electron chi connectivity index (χ2n) is 4.57. The van der Waals surface area contributed by atoms with Crippen molar-refractivity contribution in [3.8, 4) is 0 Å². The first-order valence-corrected chi connectivity index (χ1v) is 7.61. The lowest BCUT2D eigenvalue weighted by Gasteiger charge is -2.10. The van der Waals surface area contributed by atoms with E-state index >= 15 is 0 Å². The Labute approximate surface area is 117 Å². The number of carboxylic acid groups (broad SMARTS) is 1. The Morgan fingerprint density at radius 3 is 2.15 bits per heavy atom. The summed E-state index contributed by atoms with van der Waals surface area (Å²) in [5, 5.41) is 8.63. The second kappa shape index (κ2) is 6.51. The number of nitrogens with zero attached hydrogens (tertiary/aromatic N) is 1. The molecule has 1 aromatic carbocycles. The topological polar surface area (TPSA) is 91.8 Å². The van der Waals surface area contributed by atoms with Gasteiger partial charge in [-0.2, -0.15) is 0 Å². The highest BCUT2D eigenvalue weighted by Crippen LogP contribution is 2.14. The fourth-order valence-electron chi connectivity index (χ4n) is 1.55. The average Bonchev–Trinajstić information content (AvgIpc) is 2.35. The summed E-state index contributed by atoms with van der Waals surface area (Å²) in [6, 6.07) is 5.67. The molecule has 0 bridgehead atoms. The predicted molar refractivity (Wildman–Crippen MR) is 73.1 cm³/mol. The molecule has 1 amide bonds. The van der Waals surface area contributed by atoms with E-state index in [4.69, 9.17) is 5.11 Å². The highest BCUT2D eigenvalue weighted by atomic mass is 32.2. The number of benzene rings is 1. The minimum absolute atomic E-state index is 0.0772. The largest absolute Gasteiger partial charge is 0.481 e. The van der Waals surface area contributed by atoms with Crippen LogP contribution in [0, 0.1) is 0 Å². The lowest BCUT2D eigenvalue weighted by molar-refractivity contribution is -0.136. The van der Waals surface area contributed by atoms with E-state index in [0.717, 1.165) is 0 Å². The first-order valence-electron chi connectivity index (χ1n) is 5.96. The smallest absolute Gasteiger partial charge is 0.307 e. The number of sulfone groups is 1. The van der Waals surface area contributed by atoms with Crippen molar-refractivity contribution in [2.45, 2.75) is 17.7 Å². The van der Waals surface area contributed by atoms with Crippen molar-refractivity contribution in [2.75, 3.05) is 19.8 Å². The number of amides is 1. The molecule has 1 aromatic rings. The van der Waals surface area contributed by atoms with Crippen molar-refractivity contribution >= 4 is 21.7 Å². The molecule has 1 N–H and O–H groups in total. The number of rotatable bonds is 6. The summed E-state index contributed by atoms with van der Waals surface area (Å²) in [6.07, 6.45) is -0.231. The zero-order valence-electron chi connectivity index (χ0n) is 11.4. The molecule has 0 aromatic heterocycles. The van der Waals surface area contributed by atoms with Crippen molar-refractivity contribution in [3.05, 3.63) is 29.8 Å². The Bertz CT molecular complexity index is 590. The molecule has 0 saturated heterocycles. The molecule has 1 rings (SSSR count). The monoisotopic (exact) mass is 299 g/mol. The Balaban J connectivity index is 2.77. The maximum atomic E-state index is 12.0. The molecule has 0 unspecified atom stereocenters. The molecule has 0 fully saturated rings. The van der Waals surface area contributed by atoms with Gasteiger partial charge in [-0.25, -0.2) is 8.42 Å². The summed E-state index contributed by atoms with van der Waals surface area (Å²) in [7, 11) is -0.399. The van der Waals surface area contributed by atoms with E-state index in [2.05, 4.69) is 0 Å². The third kappa shape index (κ3) is 4.65. The SMILES string of the molecule is CN(C)C(=O)CCS(=O)(=O)c1ccc(CC(=O)O)cc1. The molecule has 110 valence electrons. The standard InChI is InChI=1S/C13H17NO5S/c1-14(2)12(15)7-8-20(18,19)11-5-3-10(4-6-11)9-13(16)17/h3-6H,7-9H2,1-2H3,(H,16,17). The first-order chi connectivity index (χ1) is 9.22. The lowest BCUT2D eigenvalue weighted by atomic mass is 10.2. The Morgan fingerprint density at radius 2 is 1.70 bits per heavy atom. The van der Waals surface area contributed by atoms with Crippen LogP contribution in [0.1, 0.15) is 12.0 Å². The van der Waals surface area contributed by atoms with Crippen molar-refractivity contribution in [1.82, 2.24) is 4.90 Å². The van der Waals surface area contributed by atoms with E-state index in [-0.39, 0.29) is 29.4 Å². The van der Waals surface area contributed by atoms with Gasteiger partial charge in [0.25, 0.3) is 0 Å². The molecule has 6 nitrogen and oxygen atoms in total. The second-order valence-corrected chi connectivity index (χ2v) is 6.68. The van der Waals surface area contributed by atoms with Crippen molar-refractivity contribution in [2.24, 2.45) is 0 Å². The number of carboxylic acids is 1. The number of aliphatic carboxylic acids is 1. The molecule has 0 aliphatic carbocycles. The minimum Gasteiger partial charge on any atom is -0.481 e. The molecule has 0 aliphatic heterocycles. The van der Waals surface area contributed by atoms with Gasteiger partial charge in [-0.05, 0) is 17.7 Å². The highest BCUT2D eigenvalue weighted by molar-refractivity contribution is 7.91. The maximum Gasteiger partial charge on any atom is 0.307 e. The van der Waals surface area contributed by atoms with Gasteiger partial charge >= 0.3 is 5.97 Å². The number of carbonyl (C=O) groups is 2. The molecular weight excluding hydrogens is 282 g/mol. The van der Waals surface area contributed by atoms with E-state index in [0.29, 0.717) is 5.56 Å². The molecule has 0 heterocycles. The van der Waals surface area contributed by atoms with E-state index in [1.54, 1.807) is 14.1 Å². The molecule has 0 atom stereocenters. The summed E-state index contributed by atoms with van der Waals surface area (Å²) in [5.74, 6) is -1.49. The van der Waals surface area contributed by atoms with Crippen LogP contribution in [0.3, 0.4) is 0 Å². The molecule has 20 heavy (non-hydrogen) atoms. The Hall–Kier alpha value is -1.89. The van der Waals surface area contributed by atoms with Gasteiger partial charge in [0.05, 0.1) is 17.1 Å². The van der Waals surface area contributed by atoms with Crippen molar-refractivity contribution in [3.63, 3.8) is 0 Å². The summed E-state index contributed by atoms with van der Waals surface area (Å²) in [6.45, 7) is 0. The van der Waals surface area contributed by atoms with E-state index < -0.39 is 15.8 Å². The maximum absolute atomic E-state index is 12.0. The lowest BCUT2D eigenvalue weighted by Crippen LogP contribution is -2.24. The molecular formula is C13H17NO5S. The van der Waals surface area contributed by atoms with Gasteiger partial charge < -0.3 is 10.0 Å². The van der Waals surface area contributed by atoms with Crippen LogP contribution in [0.15, 0.2) is 29.2 Å². The van der Waals surface area contributed by atoms with Crippen LogP contribution in [0.4, 0.5) is 0 Å². The number of hydrogen-bond donors (Lipinski definition) is 1. The van der Waals surface area contributed by atoms with Crippen molar-refractivity contribution in [1.29, 1.82) is 0 Å². The predicted octanol–water partition coefficient (Wildman–Crippen LogP) is 0.566. The third-order valence-corrected chi connectivity index (χ3v) is 4.45. The zero-order valence-corrected chi connectivity index (χ0v) is 12.2. The molecule has 0 spiro atoms. The summed E-state index contributed by atoms with van der Waals surface area (Å²) >= 11 is 0. The number of carbonyl (C=O) groups excluding carboxylic acids is 1. The van der Waals surface area contributed by atoms with E-state index in [1.807, 2.05) is 0 Å². The van der Waals surface area contributed by atoms with Crippen LogP contribution < -0.4 is 0 Å². The highest BCUT2D eigenvalue weighted by Gasteiger charge is 2.17. The normalized spacial score (nSPS) is 11.1.